The van der Waals surface area contributed by atoms with E-state index in [0.717, 1.165) is 0 Å². The molecule has 0 fully saturated rings. The Morgan fingerprint density at radius 2 is 2.11 bits per heavy atom. The molecule has 0 aliphatic carbocycles. The van der Waals surface area contributed by atoms with Crippen molar-refractivity contribution in [1.82, 2.24) is 9.47 Å². The third kappa shape index (κ3) is 3.99. The molecular weight excluding hydrogens is 242 g/mol. The van der Waals surface area contributed by atoms with Crippen LogP contribution in [0.4, 0.5) is 5.69 Å². The average molecular weight is 267 g/mol. The van der Waals surface area contributed by atoms with E-state index in [1.165, 1.54) is 0 Å². The normalized spacial score (nSPS) is 11.9. The van der Waals surface area contributed by atoms with Gasteiger partial charge in [-0.05, 0) is 40.7 Å². The van der Waals surface area contributed by atoms with Gasteiger partial charge in [0.15, 0.2) is 0 Å². The number of nitrogens with two attached hydrogens (primary N) is 1. The van der Waals surface area contributed by atoms with Crippen molar-refractivity contribution in [2.75, 3.05) is 18.8 Å². The number of carbonyl (C=O) groups excluding carboxylic acids is 1. The van der Waals surface area contributed by atoms with Crippen LogP contribution in [0.5, 0.6) is 0 Å². The van der Waals surface area contributed by atoms with Gasteiger partial charge in [0.05, 0.1) is 11.3 Å². The average Bonchev–Trinajstić information content (AvgIpc) is 2.66. The van der Waals surface area contributed by atoms with Crippen LogP contribution in [0.2, 0.25) is 0 Å². The van der Waals surface area contributed by atoms with Crippen LogP contribution in [0.25, 0.3) is 0 Å². The number of likely N-dealkylation sites (N-methyl/N-ethyl adjacent to an activating group) is 1. The molecule has 0 saturated heterocycles. The quantitative estimate of drug-likeness (QED) is 0.855. The number of aliphatic hydroxyl groups is 1. The van der Waals surface area contributed by atoms with Gasteiger partial charge in [-0.15, -0.1) is 0 Å². The van der Waals surface area contributed by atoms with Gasteiger partial charge in [0.2, 0.25) is 0 Å². The first kappa shape index (κ1) is 15.6. The highest BCUT2D eigenvalue weighted by Gasteiger charge is 2.25. The molecular formula is C14H25N3O2. The topological polar surface area (TPSA) is 71.5 Å². The zero-order valence-electron chi connectivity index (χ0n) is 12.5. The Morgan fingerprint density at radius 1 is 1.53 bits per heavy atom. The molecule has 0 saturated carbocycles. The second kappa shape index (κ2) is 5.65. The van der Waals surface area contributed by atoms with Gasteiger partial charge in [-0.3, -0.25) is 4.79 Å². The van der Waals surface area contributed by atoms with Crippen LogP contribution in [-0.4, -0.2) is 39.2 Å². The van der Waals surface area contributed by atoms with Gasteiger partial charge in [-0.1, -0.05) is 0 Å². The third-order valence-electron chi connectivity index (χ3n) is 2.89. The Bertz CT molecular complexity index is 444. The van der Waals surface area contributed by atoms with Crippen molar-refractivity contribution in [3.05, 3.63) is 18.0 Å². The lowest BCUT2D eigenvalue weighted by molar-refractivity contribution is 0.0308. The number of carbonyl (C=O) groups is 1. The summed E-state index contributed by atoms with van der Waals surface area (Å²) in [6.45, 7) is 10.1. The molecule has 0 bridgehead atoms. The predicted octanol–water partition coefficient (Wildman–Crippen LogP) is 1.88. The monoisotopic (exact) mass is 267 g/mol. The van der Waals surface area contributed by atoms with E-state index in [-0.39, 0.29) is 11.9 Å². The maximum Gasteiger partial charge on any atom is 0.270 e. The van der Waals surface area contributed by atoms with Crippen LogP contribution in [0, 0.1) is 0 Å². The Kier molecular flexibility index (Phi) is 4.63. The summed E-state index contributed by atoms with van der Waals surface area (Å²) in [5, 5.41) is 9.87. The standard InChI is InChI=1S/C14H25N3O2/c1-6-16(9-14(4,5)19)13(18)12-7-11(15)8-17(12)10(2)3/h7-8,10,19H,6,9,15H2,1-5H3. The van der Waals surface area contributed by atoms with Crippen molar-refractivity contribution < 1.29 is 9.90 Å². The molecule has 0 atom stereocenters. The van der Waals surface area contributed by atoms with Crippen LogP contribution in [-0.2, 0) is 0 Å². The number of aromatic nitrogens is 1. The molecule has 1 amide bonds. The molecule has 5 nitrogen and oxygen atoms in total. The van der Waals surface area contributed by atoms with Crippen LogP contribution >= 0.6 is 0 Å². The van der Waals surface area contributed by atoms with E-state index in [1.807, 2.05) is 25.3 Å². The smallest absolute Gasteiger partial charge is 0.270 e. The summed E-state index contributed by atoms with van der Waals surface area (Å²) in [5.41, 5.74) is 6.02. The number of amides is 1. The molecule has 0 unspecified atom stereocenters. The van der Waals surface area contributed by atoms with Crippen molar-refractivity contribution >= 4 is 11.6 Å². The minimum Gasteiger partial charge on any atom is -0.397 e. The molecule has 19 heavy (non-hydrogen) atoms. The molecule has 1 heterocycles. The highest BCUT2D eigenvalue weighted by atomic mass is 16.3. The first-order valence-corrected chi connectivity index (χ1v) is 6.64. The van der Waals surface area contributed by atoms with Crippen molar-refractivity contribution in [3.8, 4) is 0 Å². The van der Waals surface area contributed by atoms with E-state index in [2.05, 4.69) is 0 Å². The highest BCUT2D eigenvalue weighted by molar-refractivity contribution is 5.94. The van der Waals surface area contributed by atoms with Gasteiger partial charge in [0.1, 0.15) is 5.69 Å². The molecule has 0 aliphatic rings. The second-order valence-electron chi connectivity index (χ2n) is 5.79. The maximum atomic E-state index is 12.5. The fourth-order valence-corrected chi connectivity index (χ4v) is 2.06. The fraction of sp³-hybridized carbons (Fsp3) is 0.643. The van der Waals surface area contributed by atoms with Crippen molar-refractivity contribution in [2.24, 2.45) is 0 Å². The lowest BCUT2D eigenvalue weighted by Crippen LogP contribution is -2.42. The molecule has 0 aromatic carbocycles. The van der Waals surface area contributed by atoms with Gasteiger partial charge in [-0.2, -0.15) is 0 Å². The fourth-order valence-electron chi connectivity index (χ4n) is 2.06. The van der Waals surface area contributed by atoms with Crippen molar-refractivity contribution in [3.63, 3.8) is 0 Å². The van der Waals surface area contributed by atoms with Crippen LogP contribution in [0.15, 0.2) is 12.3 Å². The Hall–Kier alpha value is -1.49. The summed E-state index contributed by atoms with van der Waals surface area (Å²) in [5.74, 6) is -0.102. The molecule has 0 aliphatic heterocycles. The first-order chi connectivity index (χ1) is 8.65. The third-order valence-corrected chi connectivity index (χ3v) is 2.89. The van der Waals surface area contributed by atoms with E-state index >= 15 is 0 Å². The molecule has 1 aromatic rings. The maximum absolute atomic E-state index is 12.5. The summed E-state index contributed by atoms with van der Waals surface area (Å²) in [6.07, 6.45) is 1.77. The predicted molar refractivity (Wildman–Crippen MR) is 77.1 cm³/mol. The van der Waals surface area contributed by atoms with Crippen LogP contribution in [0.3, 0.4) is 0 Å². The van der Waals surface area contributed by atoms with E-state index in [1.54, 1.807) is 31.0 Å². The summed E-state index contributed by atoms with van der Waals surface area (Å²) >= 11 is 0. The zero-order chi connectivity index (χ0) is 14.8. The largest absolute Gasteiger partial charge is 0.397 e. The molecule has 1 aromatic heterocycles. The second-order valence-corrected chi connectivity index (χ2v) is 5.79. The highest BCUT2D eigenvalue weighted by Crippen LogP contribution is 2.19. The van der Waals surface area contributed by atoms with Crippen molar-refractivity contribution in [2.45, 2.75) is 46.3 Å². The summed E-state index contributed by atoms with van der Waals surface area (Å²) in [7, 11) is 0. The summed E-state index contributed by atoms with van der Waals surface area (Å²) in [4.78, 5) is 14.2. The Morgan fingerprint density at radius 3 is 2.53 bits per heavy atom. The van der Waals surface area contributed by atoms with Crippen LogP contribution < -0.4 is 5.73 Å². The molecule has 0 radical (unpaired) electrons. The van der Waals surface area contributed by atoms with Gasteiger partial charge in [0.25, 0.3) is 5.91 Å². The SMILES string of the molecule is CCN(CC(C)(C)O)C(=O)c1cc(N)cn1C(C)C. The number of nitrogen functional groups attached to an aromatic ring is 1. The zero-order valence-corrected chi connectivity index (χ0v) is 12.5. The van der Waals surface area contributed by atoms with E-state index < -0.39 is 5.60 Å². The summed E-state index contributed by atoms with van der Waals surface area (Å²) in [6, 6.07) is 1.85. The Balaban J connectivity index is 3.04. The van der Waals surface area contributed by atoms with E-state index in [0.29, 0.717) is 24.5 Å². The van der Waals surface area contributed by atoms with Gasteiger partial charge in [-0.25, -0.2) is 0 Å². The molecule has 3 N–H and O–H groups in total. The lowest BCUT2D eigenvalue weighted by Gasteiger charge is -2.28. The van der Waals surface area contributed by atoms with Crippen molar-refractivity contribution in [1.29, 1.82) is 0 Å². The Labute approximate surface area is 115 Å². The van der Waals surface area contributed by atoms with Gasteiger partial charge in [0, 0.05) is 25.3 Å². The number of hydrogen-bond acceptors (Lipinski definition) is 3. The van der Waals surface area contributed by atoms with Gasteiger partial charge >= 0.3 is 0 Å². The number of hydrogen-bond donors (Lipinski definition) is 2. The van der Waals surface area contributed by atoms with Gasteiger partial charge < -0.3 is 20.3 Å². The number of anilines is 1. The minimum atomic E-state index is -0.910. The van der Waals surface area contributed by atoms with E-state index in [9.17, 15) is 9.90 Å². The van der Waals surface area contributed by atoms with Crippen LogP contribution in [0.1, 0.15) is 51.1 Å². The molecule has 0 spiro atoms. The number of nitrogens with zero attached hydrogens (tertiary/aromatic N) is 2. The molecule has 108 valence electrons. The first-order valence-electron chi connectivity index (χ1n) is 6.64. The number of rotatable bonds is 5. The molecule has 5 heteroatoms. The van der Waals surface area contributed by atoms with E-state index in [4.69, 9.17) is 5.73 Å². The lowest BCUT2D eigenvalue weighted by atomic mass is 10.1. The molecule has 1 rings (SSSR count). The summed E-state index contributed by atoms with van der Waals surface area (Å²) < 4.78 is 1.87. The minimum absolute atomic E-state index is 0.102.